The molecule has 0 saturated carbocycles. The maximum Gasteiger partial charge on any atom is 0.343 e. The second-order valence-corrected chi connectivity index (χ2v) is 9.13. The van der Waals surface area contributed by atoms with Crippen LogP contribution in [0.15, 0.2) is 73.3 Å². The highest BCUT2D eigenvalue weighted by atomic mass is 16.5. The Morgan fingerprint density at radius 1 is 0.769 bits per heavy atom. The number of esters is 2. The van der Waals surface area contributed by atoms with Crippen molar-refractivity contribution in [2.45, 2.75) is 39.5 Å². The predicted octanol–water partition coefficient (Wildman–Crippen LogP) is 7.37. The van der Waals surface area contributed by atoms with Gasteiger partial charge in [-0.25, -0.2) is 9.59 Å². The Bertz CT molecular complexity index is 1250. The van der Waals surface area contributed by atoms with Gasteiger partial charge in [0.1, 0.15) is 17.2 Å². The minimum absolute atomic E-state index is 0.386. The first-order valence-corrected chi connectivity index (χ1v) is 13.1. The Kier molecular flexibility index (Phi) is 11.4. The van der Waals surface area contributed by atoms with E-state index < -0.39 is 5.97 Å². The van der Waals surface area contributed by atoms with Crippen molar-refractivity contribution in [3.63, 3.8) is 0 Å². The van der Waals surface area contributed by atoms with Crippen LogP contribution >= 0.6 is 0 Å². The fourth-order valence-corrected chi connectivity index (χ4v) is 3.98. The molecule has 0 aliphatic rings. The molecule has 0 fully saturated rings. The van der Waals surface area contributed by atoms with Crippen molar-refractivity contribution in [1.29, 1.82) is 0 Å². The van der Waals surface area contributed by atoms with Gasteiger partial charge in [-0.2, -0.15) is 0 Å². The molecule has 0 saturated heterocycles. The largest absolute Gasteiger partial charge is 0.497 e. The molecule has 0 radical (unpaired) electrons. The molecule has 0 unspecified atom stereocenters. The molecule has 0 amide bonds. The van der Waals surface area contributed by atoms with Crippen molar-refractivity contribution in [1.82, 2.24) is 0 Å². The molecule has 39 heavy (non-hydrogen) atoms. The van der Waals surface area contributed by atoms with E-state index in [1.807, 2.05) is 56.3 Å². The minimum atomic E-state index is -0.418. The van der Waals surface area contributed by atoms with Gasteiger partial charge in [-0.05, 0) is 110 Å². The summed E-state index contributed by atoms with van der Waals surface area (Å²) >= 11 is 0. The number of hydrogen-bond acceptors (Lipinski definition) is 6. The van der Waals surface area contributed by atoms with Crippen LogP contribution in [-0.2, 0) is 9.53 Å². The fourth-order valence-electron chi connectivity index (χ4n) is 3.98. The number of methoxy groups -OCH3 is 1. The third kappa shape index (κ3) is 9.49. The molecule has 0 aromatic heterocycles. The van der Waals surface area contributed by atoms with E-state index in [-0.39, 0.29) is 5.97 Å². The van der Waals surface area contributed by atoms with Gasteiger partial charge in [0.05, 0.1) is 25.9 Å². The number of hydrogen-bond donors (Lipinski definition) is 0. The molecule has 0 bridgehead atoms. The standard InChI is InChI=1S/C33H36O6/c1-5-32(34)38-21-9-7-6-8-20-37-29-17-13-27(14-18-29)33(35)39-30-22-24(2)31(25(3)23-30)19-12-26-10-15-28(36-4)16-11-26/h5,10-19,22-23H,1,6-9,20-21H2,2-4H3/b19-12+. The highest BCUT2D eigenvalue weighted by Crippen LogP contribution is 2.25. The molecular weight excluding hydrogens is 492 g/mol. The topological polar surface area (TPSA) is 71.1 Å². The van der Waals surface area contributed by atoms with E-state index in [1.165, 1.54) is 6.08 Å². The summed E-state index contributed by atoms with van der Waals surface area (Å²) in [5, 5.41) is 0. The number of ether oxygens (including phenoxy) is 4. The zero-order valence-electron chi connectivity index (χ0n) is 22.9. The van der Waals surface area contributed by atoms with E-state index in [0.29, 0.717) is 30.3 Å². The number of carbonyl (C=O) groups is 2. The molecule has 3 aromatic rings. The minimum Gasteiger partial charge on any atom is -0.497 e. The van der Waals surface area contributed by atoms with Crippen LogP contribution in [0.4, 0.5) is 0 Å². The first-order valence-electron chi connectivity index (χ1n) is 13.1. The van der Waals surface area contributed by atoms with Gasteiger partial charge in [-0.1, -0.05) is 30.9 Å². The van der Waals surface area contributed by atoms with Crippen LogP contribution in [-0.4, -0.2) is 32.3 Å². The number of unbranched alkanes of at least 4 members (excludes halogenated alkanes) is 3. The second-order valence-electron chi connectivity index (χ2n) is 9.13. The zero-order valence-corrected chi connectivity index (χ0v) is 22.9. The van der Waals surface area contributed by atoms with Crippen LogP contribution in [0, 0.1) is 13.8 Å². The Morgan fingerprint density at radius 2 is 1.38 bits per heavy atom. The van der Waals surface area contributed by atoms with Crippen molar-refractivity contribution in [3.8, 4) is 17.2 Å². The van der Waals surface area contributed by atoms with Crippen LogP contribution in [0.25, 0.3) is 12.2 Å². The summed E-state index contributed by atoms with van der Waals surface area (Å²) in [6, 6.07) is 18.6. The van der Waals surface area contributed by atoms with E-state index in [1.54, 1.807) is 31.4 Å². The van der Waals surface area contributed by atoms with Gasteiger partial charge < -0.3 is 18.9 Å². The SMILES string of the molecule is C=CC(=O)OCCCCCCOc1ccc(C(=O)Oc2cc(C)c(/C=C/c3ccc(OC)cc3)c(C)c2)cc1. The molecule has 3 aromatic carbocycles. The highest BCUT2D eigenvalue weighted by molar-refractivity contribution is 5.91. The summed E-state index contributed by atoms with van der Waals surface area (Å²) < 4.78 is 21.6. The van der Waals surface area contributed by atoms with E-state index in [2.05, 4.69) is 12.7 Å². The molecule has 0 N–H and O–H groups in total. The van der Waals surface area contributed by atoms with Crippen molar-refractivity contribution in [2.75, 3.05) is 20.3 Å². The van der Waals surface area contributed by atoms with Gasteiger partial charge in [-0.15, -0.1) is 0 Å². The van der Waals surface area contributed by atoms with E-state index in [4.69, 9.17) is 18.9 Å². The van der Waals surface area contributed by atoms with Gasteiger partial charge in [0, 0.05) is 6.08 Å². The average Bonchev–Trinajstić information content (AvgIpc) is 2.94. The number of rotatable bonds is 14. The maximum absolute atomic E-state index is 12.7. The van der Waals surface area contributed by atoms with Gasteiger partial charge in [0.2, 0.25) is 0 Å². The first kappa shape index (κ1) is 29.2. The predicted molar refractivity (Wildman–Crippen MR) is 154 cm³/mol. The quantitative estimate of drug-likeness (QED) is 0.0715. The Hall–Kier alpha value is -4.32. The molecule has 0 aliphatic carbocycles. The van der Waals surface area contributed by atoms with Gasteiger partial charge in [0.25, 0.3) is 0 Å². The molecule has 0 aliphatic heterocycles. The summed E-state index contributed by atoms with van der Waals surface area (Å²) in [6.45, 7) is 8.36. The monoisotopic (exact) mass is 528 g/mol. The fraction of sp³-hybridized carbons (Fsp3) is 0.273. The van der Waals surface area contributed by atoms with Crippen LogP contribution in [0.5, 0.6) is 17.2 Å². The third-order valence-electron chi connectivity index (χ3n) is 6.14. The summed E-state index contributed by atoms with van der Waals surface area (Å²) in [4.78, 5) is 23.7. The van der Waals surface area contributed by atoms with Crippen molar-refractivity contribution in [2.24, 2.45) is 0 Å². The van der Waals surface area contributed by atoms with Crippen LogP contribution in [0.2, 0.25) is 0 Å². The lowest BCUT2D eigenvalue weighted by Crippen LogP contribution is -2.09. The molecule has 204 valence electrons. The summed E-state index contributed by atoms with van der Waals surface area (Å²) in [6.07, 6.45) is 8.93. The highest BCUT2D eigenvalue weighted by Gasteiger charge is 2.11. The molecule has 0 atom stereocenters. The maximum atomic E-state index is 12.7. The van der Waals surface area contributed by atoms with Gasteiger partial charge in [-0.3, -0.25) is 0 Å². The second kappa shape index (κ2) is 15.2. The summed E-state index contributed by atoms with van der Waals surface area (Å²) in [5.41, 5.74) is 4.65. The van der Waals surface area contributed by atoms with Crippen LogP contribution in [0.1, 0.15) is 58.3 Å². The normalized spacial score (nSPS) is 10.7. The lowest BCUT2D eigenvalue weighted by atomic mass is 10.0. The lowest BCUT2D eigenvalue weighted by molar-refractivity contribution is -0.137. The van der Waals surface area contributed by atoms with Crippen molar-refractivity contribution in [3.05, 3.63) is 101 Å². The lowest BCUT2D eigenvalue weighted by Gasteiger charge is -2.11. The zero-order chi connectivity index (χ0) is 28.0. The summed E-state index contributed by atoms with van der Waals surface area (Å²) in [7, 11) is 1.65. The number of benzene rings is 3. The van der Waals surface area contributed by atoms with Crippen LogP contribution < -0.4 is 14.2 Å². The molecule has 0 spiro atoms. The Labute approximate surface area is 230 Å². The van der Waals surface area contributed by atoms with Crippen molar-refractivity contribution >= 4 is 24.1 Å². The molecular formula is C33H36O6. The Balaban J connectivity index is 1.46. The molecule has 6 heteroatoms. The average molecular weight is 529 g/mol. The molecule has 0 heterocycles. The van der Waals surface area contributed by atoms with Crippen molar-refractivity contribution < 1.29 is 28.5 Å². The summed E-state index contributed by atoms with van der Waals surface area (Å²) in [5.74, 6) is 1.23. The molecule has 6 nitrogen and oxygen atoms in total. The molecule has 3 rings (SSSR count). The van der Waals surface area contributed by atoms with Gasteiger partial charge >= 0.3 is 11.9 Å². The smallest absolute Gasteiger partial charge is 0.343 e. The van der Waals surface area contributed by atoms with E-state index in [9.17, 15) is 9.59 Å². The van der Waals surface area contributed by atoms with E-state index >= 15 is 0 Å². The Morgan fingerprint density at radius 3 is 2.00 bits per heavy atom. The third-order valence-corrected chi connectivity index (χ3v) is 6.14. The van der Waals surface area contributed by atoms with Crippen LogP contribution in [0.3, 0.4) is 0 Å². The number of aryl methyl sites for hydroxylation is 2. The number of carbonyl (C=O) groups excluding carboxylic acids is 2. The van der Waals surface area contributed by atoms with E-state index in [0.717, 1.165) is 53.7 Å². The first-order chi connectivity index (χ1) is 18.9. The van der Waals surface area contributed by atoms with Gasteiger partial charge in [0.15, 0.2) is 0 Å².